The first-order chi connectivity index (χ1) is 6.74. The maximum atomic E-state index is 11.0. The average Bonchev–Trinajstić information content (AvgIpc) is 2.18. The fraction of sp³-hybridized carbons (Fsp3) is 0. The summed E-state index contributed by atoms with van der Waals surface area (Å²) in [6, 6.07) is 1.24. The number of hydrogen-bond donors (Lipinski definition) is 0. The van der Waals surface area contributed by atoms with E-state index in [4.69, 9.17) is 4.74 Å². The second-order valence-corrected chi connectivity index (χ2v) is 2.35. The third-order valence-electron chi connectivity index (χ3n) is 1.36. The van der Waals surface area contributed by atoms with E-state index >= 15 is 0 Å². The zero-order chi connectivity index (χ0) is 9.97. The Morgan fingerprint density at radius 3 is 2.57 bits per heavy atom. The summed E-state index contributed by atoms with van der Waals surface area (Å²) in [4.78, 5) is 29.2. The number of nitrogens with zero attached hydrogens (tertiary/aromatic N) is 2. The summed E-state index contributed by atoms with van der Waals surface area (Å²) in [6.07, 6.45) is 3.23. The van der Waals surface area contributed by atoms with E-state index in [9.17, 15) is 9.59 Å². The SMILES string of the molecule is O=C1/C=C\C(=O)Oc2nccc(n2)O1. The molecule has 14 heavy (non-hydrogen) atoms. The number of hydrogen-bond acceptors (Lipinski definition) is 6. The second-order valence-electron chi connectivity index (χ2n) is 2.35. The number of aromatic nitrogens is 2. The van der Waals surface area contributed by atoms with Gasteiger partial charge in [-0.05, 0) is 0 Å². The van der Waals surface area contributed by atoms with Crippen molar-refractivity contribution >= 4 is 11.9 Å². The van der Waals surface area contributed by atoms with E-state index in [-0.39, 0.29) is 11.9 Å². The largest absolute Gasteiger partial charge is 0.404 e. The summed E-state index contributed by atoms with van der Waals surface area (Å²) in [6.45, 7) is 0. The summed E-state index contributed by atoms with van der Waals surface area (Å²) in [5.41, 5.74) is 0. The van der Waals surface area contributed by atoms with Gasteiger partial charge in [0.1, 0.15) is 0 Å². The van der Waals surface area contributed by atoms with Crippen LogP contribution in [0.2, 0.25) is 0 Å². The molecule has 0 unspecified atom stereocenters. The molecule has 0 atom stereocenters. The monoisotopic (exact) mass is 192 g/mol. The average molecular weight is 192 g/mol. The first kappa shape index (κ1) is 8.36. The minimum atomic E-state index is -0.721. The molecule has 0 saturated carbocycles. The Bertz CT molecular complexity index is 392. The predicted molar refractivity (Wildman–Crippen MR) is 42.4 cm³/mol. The van der Waals surface area contributed by atoms with E-state index in [2.05, 4.69) is 14.7 Å². The van der Waals surface area contributed by atoms with Crippen LogP contribution in [0.25, 0.3) is 0 Å². The molecule has 6 nitrogen and oxygen atoms in total. The van der Waals surface area contributed by atoms with Crippen molar-refractivity contribution in [3.05, 3.63) is 24.4 Å². The fourth-order valence-electron chi connectivity index (χ4n) is 0.828. The van der Waals surface area contributed by atoms with E-state index in [1.54, 1.807) is 0 Å². The molecule has 0 saturated heterocycles. The van der Waals surface area contributed by atoms with Gasteiger partial charge < -0.3 is 9.47 Å². The summed E-state index contributed by atoms with van der Waals surface area (Å²) < 4.78 is 9.36. The minimum Gasteiger partial charge on any atom is -0.404 e. The van der Waals surface area contributed by atoms with Crippen LogP contribution in [0.15, 0.2) is 24.4 Å². The highest BCUT2D eigenvalue weighted by atomic mass is 16.6. The lowest BCUT2D eigenvalue weighted by Gasteiger charge is -1.99. The summed E-state index contributed by atoms with van der Waals surface area (Å²) in [5, 5.41) is 0. The molecular weight excluding hydrogens is 188 g/mol. The molecule has 0 aliphatic carbocycles. The molecule has 0 amide bonds. The molecule has 2 bridgehead atoms. The number of carbonyl (C=O) groups is 2. The number of fused-ring (bicyclic) bond motifs is 2. The van der Waals surface area contributed by atoms with Crippen molar-refractivity contribution in [3.8, 4) is 11.9 Å². The Kier molecular flexibility index (Phi) is 1.94. The Balaban J connectivity index is 2.43. The molecule has 1 aromatic rings. The molecule has 1 aromatic heterocycles. The van der Waals surface area contributed by atoms with Crippen LogP contribution in [0.1, 0.15) is 0 Å². The molecule has 0 aromatic carbocycles. The predicted octanol–water partition coefficient (Wildman–Crippen LogP) is -0.143. The molecule has 70 valence electrons. The third kappa shape index (κ3) is 1.74. The Hall–Kier alpha value is -2.24. The van der Waals surface area contributed by atoms with Gasteiger partial charge in [0.15, 0.2) is 0 Å². The van der Waals surface area contributed by atoms with Gasteiger partial charge in [0, 0.05) is 24.4 Å². The quantitative estimate of drug-likeness (QED) is 0.532. The first-order valence-corrected chi connectivity index (χ1v) is 3.69. The number of rotatable bonds is 0. The number of ether oxygens (including phenoxy) is 2. The molecular formula is C8H4N2O4. The molecule has 0 radical (unpaired) electrons. The van der Waals surface area contributed by atoms with Crippen LogP contribution in [0.5, 0.6) is 11.9 Å². The minimum absolute atomic E-state index is 0.0411. The first-order valence-electron chi connectivity index (χ1n) is 3.69. The summed E-state index contributed by atoms with van der Waals surface area (Å²) >= 11 is 0. The van der Waals surface area contributed by atoms with Crippen molar-refractivity contribution in [1.82, 2.24) is 9.97 Å². The summed E-state index contributed by atoms with van der Waals surface area (Å²) in [5.74, 6) is -1.37. The zero-order valence-corrected chi connectivity index (χ0v) is 6.84. The van der Waals surface area contributed by atoms with Gasteiger partial charge in [0.2, 0.25) is 5.88 Å². The molecule has 1 aliphatic rings. The van der Waals surface area contributed by atoms with Crippen LogP contribution < -0.4 is 9.47 Å². The second kappa shape index (κ2) is 3.25. The van der Waals surface area contributed by atoms with E-state index in [1.807, 2.05) is 0 Å². The normalized spacial score (nSPS) is 17.1. The van der Waals surface area contributed by atoms with E-state index in [1.165, 1.54) is 12.3 Å². The Labute approximate surface area is 78.2 Å². The summed E-state index contributed by atoms with van der Waals surface area (Å²) in [7, 11) is 0. The van der Waals surface area contributed by atoms with Gasteiger partial charge in [-0.15, -0.1) is 0 Å². The van der Waals surface area contributed by atoms with E-state index < -0.39 is 11.9 Å². The van der Waals surface area contributed by atoms with Crippen LogP contribution >= 0.6 is 0 Å². The highest BCUT2D eigenvalue weighted by Gasteiger charge is 2.11. The lowest BCUT2D eigenvalue weighted by Crippen LogP contribution is -2.05. The van der Waals surface area contributed by atoms with E-state index in [0.29, 0.717) is 0 Å². The van der Waals surface area contributed by atoms with Gasteiger partial charge in [0.25, 0.3) is 0 Å². The fourth-order valence-corrected chi connectivity index (χ4v) is 0.828. The van der Waals surface area contributed by atoms with Crippen molar-refractivity contribution in [2.24, 2.45) is 0 Å². The highest BCUT2D eigenvalue weighted by Crippen LogP contribution is 2.11. The van der Waals surface area contributed by atoms with Gasteiger partial charge in [-0.3, -0.25) is 0 Å². The maximum Gasteiger partial charge on any atom is 0.338 e. The molecule has 0 spiro atoms. The molecule has 0 fully saturated rings. The van der Waals surface area contributed by atoms with Crippen LogP contribution in [0.3, 0.4) is 0 Å². The van der Waals surface area contributed by atoms with Crippen molar-refractivity contribution in [3.63, 3.8) is 0 Å². The lowest BCUT2D eigenvalue weighted by atomic mass is 10.5. The standard InChI is InChI=1S/C8H4N2O4/c11-6-1-2-7(12)14-8-9-4-3-5(10-8)13-6/h1-4H/b2-1-. The van der Waals surface area contributed by atoms with Crippen molar-refractivity contribution in [2.45, 2.75) is 0 Å². The number of carbonyl (C=O) groups excluding carboxylic acids is 2. The van der Waals surface area contributed by atoms with Crippen molar-refractivity contribution in [1.29, 1.82) is 0 Å². The van der Waals surface area contributed by atoms with Crippen LogP contribution in [0.4, 0.5) is 0 Å². The van der Waals surface area contributed by atoms with Gasteiger partial charge in [-0.1, -0.05) is 0 Å². The molecule has 1 aliphatic heterocycles. The van der Waals surface area contributed by atoms with Crippen molar-refractivity contribution < 1.29 is 19.1 Å². The highest BCUT2D eigenvalue weighted by molar-refractivity contribution is 5.93. The zero-order valence-electron chi connectivity index (χ0n) is 6.84. The number of esters is 2. The lowest BCUT2D eigenvalue weighted by molar-refractivity contribution is -0.131. The topological polar surface area (TPSA) is 78.4 Å². The van der Waals surface area contributed by atoms with Gasteiger partial charge >= 0.3 is 17.9 Å². The van der Waals surface area contributed by atoms with Crippen LogP contribution in [-0.2, 0) is 9.59 Å². The molecule has 2 rings (SSSR count). The maximum absolute atomic E-state index is 11.0. The molecule has 6 heteroatoms. The smallest absolute Gasteiger partial charge is 0.338 e. The van der Waals surface area contributed by atoms with Crippen LogP contribution in [-0.4, -0.2) is 21.9 Å². The molecule has 2 heterocycles. The van der Waals surface area contributed by atoms with Gasteiger partial charge in [-0.25, -0.2) is 14.6 Å². The van der Waals surface area contributed by atoms with Gasteiger partial charge in [-0.2, -0.15) is 4.98 Å². The Morgan fingerprint density at radius 1 is 1.07 bits per heavy atom. The Morgan fingerprint density at radius 2 is 1.79 bits per heavy atom. The van der Waals surface area contributed by atoms with Gasteiger partial charge in [0.05, 0.1) is 0 Å². The van der Waals surface area contributed by atoms with E-state index in [0.717, 1.165) is 12.2 Å². The molecule has 0 N–H and O–H groups in total. The van der Waals surface area contributed by atoms with Crippen molar-refractivity contribution in [2.75, 3.05) is 0 Å². The third-order valence-corrected chi connectivity index (χ3v) is 1.36. The van der Waals surface area contributed by atoms with Crippen LogP contribution in [0, 0.1) is 0 Å².